The number of aryl methyl sites for hydroxylation is 1. The lowest BCUT2D eigenvalue weighted by Gasteiger charge is -2.17. The van der Waals surface area contributed by atoms with Crippen molar-refractivity contribution < 1.29 is 8.78 Å². The van der Waals surface area contributed by atoms with Crippen LogP contribution in [0.3, 0.4) is 0 Å². The normalized spacial score (nSPS) is 11.3. The fourth-order valence-corrected chi connectivity index (χ4v) is 2.68. The van der Waals surface area contributed by atoms with Gasteiger partial charge in [-0.15, -0.1) is 0 Å². The molecule has 2 heterocycles. The number of aromatic nitrogens is 4. The molecule has 23 heavy (non-hydrogen) atoms. The van der Waals surface area contributed by atoms with E-state index >= 15 is 0 Å². The monoisotopic (exact) mass is 318 g/mol. The third kappa shape index (κ3) is 2.52. The molecule has 0 saturated heterocycles. The van der Waals surface area contributed by atoms with Crippen molar-refractivity contribution in [1.29, 1.82) is 0 Å². The third-order valence-corrected chi connectivity index (χ3v) is 3.83. The number of fused-ring (bicyclic) bond motifs is 1. The number of halogens is 2. The van der Waals surface area contributed by atoms with Gasteiger partial charge < -0.3 is 4.57 Å². The van der Waals surface area contributed by atoms with Crippen molar-refractivity contribution in [3.63, 3.8) is 0 Å². The van der Waals surface area contributed by atoms with Gasteiger partial charge in [-0.1, -0.05) is 13.3 Å². The zero-order chi connectivity index (χ0) is 16.6. The Balaban J connectivity index is 2.37. The lowest BCUT2D eigenvalue weighted by atomic mass is 10.1. The van der Waals surface area contributed by atoms with Crippen molar-refractivity contribution in [2.24, 2.45) is 0 Å². The molecule has 3 rings (SSSR count). The molecule has 0 unspecified atom stereocenters. The molecule has 0 atom stereocenters. The second-order valence-corrected chi connectivity index (χ2v) is 5.38. The molecule has 0 spiro atoms. The average molecular weight is 318 g/mol. The quantitative estimate of drug-likeness (QED) is 0.743. The molecule has 0 amide bonds. The highest BCUT2D eigenvalue weighted by atomic mass is 19.1. The highest BCUT2D eigenvalue weighted by Crippen LogP contribution is 2.26. The van der Waals surface area contributed by atoms with E-state index < -0.39 is 11.6 Å². The Bertz CT molecular complexity index is 930. The number of nitrogens with zero attached hydrogens (tertiary/aromatic N) is 4. The van der Waals surface area contributed by atoms with Gasteiger partial charge in [0.15, 0.2) is 0 Å². The molecule has 0 radical (unpaired) electrons. The Labute approximate surface area is 131 Å². The minimum atomic E-state index is -0.707. The van der Waals surface area contributed by atoms with E-state index in [2.05, 4.69) is 10.1 Å². The van der Waals surface area contributed by atoms with E-state index in [1.54, 1.807) is 11.5 Å². The Hall–Kier alpha value is -2.57. The summed E-state index contributed by atoms with van der Waals surface area (Å²) in [6.45, 7) is 4.21. The largest absolute Gasteiger partial charge is 0.309 e. The van der Waals surface area contributed by atoms with E-state index in [9.17, 15) is 13.6 Å². The average Bonchev–Trinajstić information content (AvgIpc) is 3.00. The van der Waals surface area contributed by atoms with Crippen LogP contribution < -0.4 is 5.56 Å². The van der Waals surface area contributed by atoms with Gasteiger partial charge in [0, 0.05) is 23.7 Å². The summed E-state index contributed by atoms with van der Waals surface area (Å²) in [6.07, 6.45) is 3.06. The first-order valence-corrected chi connectivity index (χ1v) is 7.43. The van der Waals surface area contributed by atoms with Gasteiger partial charge in [0.25, 0.3) is 5.56 Å². The molecule has 3 aromatic rings. The molecule has 2 aromatic heterocycles. The van der Waals surface area contributed by atoms with E-state index in [4.69, 9.17) is 0 Å². The van der Waals surface area contributed by atoms with Crippen molar-refractivity contribution in [1.82, 2.24) is 19.2 Å². The molecule has 5 nitrogen and oxygen atoms in total. The summed E-state index contributed by atoms with van der Waals surface area (Å²) < 4.78 is 30.5. The van der Waals surface area contributed by atoms with Crippen LogP contribution in [0.4, 0.5) is 8.78 Å². The van der Waals surface area contributed by atoms with Crippen molar-refractivity contribution in [3.8, 4) is 11.3 Å². The van der Waals surface area contributed by atoms with E-state index in [-0.39, 0.29) is 11.1 Å². The fraction of sp³-hybridized carbons (Fsp3) is 0.312. The summed E-state index contributed by atoms with van der Waals surface area (Å²) in [5.74, 6) is -1.01. The zero-order valence-corrected chi connectivity index (χ0v) is 12.9. The molecule has 0 N–H and O–H groups in total. The predicted octanol–water partition coefficient (Wildman–Crippen LogP) is 2.94. The molecule has 1 aromatic carbocycles. The standard InChI is InChI=1S/C16H16F2N4O/c1-3-4-7-21-14(12-6-5-11(17)8-13(12)18)10(2)15(23)22-16(21)19-9-20-22/h5-6,8-9H,3-4,7H2,1-2H3. The van der Waals surface area contributed by atoms with Crippen LogP contribution in [0.5, 0.6) is 0 Å². The van der Waals surface area contributed by atoms with Gasteiger partial charge in [0.2, 0.25) is 5.78 Å². The molecule has 7 heteroatoms. The van der Waals surface area contributed by atoms with Crippen LogP contribution in [0.2, 0.25) is 0 Å². The first-order chi connectivity index (χ1) is 11.0. The van der Waals surface area contributed by atoms with Gasteiger partial charge in [0.1, 0.15) is 18.0 Å². The lowest BCUT2D eigenvalue weighted by molar-refractivity contribution is 0.581. The maximum atomic E-state index is 14.3. The number of unbranched alkanes of at least 4 members (excludes halogenated alkanes) is 1. The number of rotatable bonds is 4. The molecule has 0 bridgehead atoms. The second kappa shape index (κ2) is 5.91. The molecule has 0 aliphatic heterocycles. The summed E-state index contributed by atoms with van der Waals surface area (Å²) in [6, 6.07) is 3.35. The third-order valence-electron chi connectivity index (χ3n) is 3.83. The van der Waals surface area contributed by atoms with Gasteiger partial charge in [-0.3, -0.25) is 4.79 Å². The van der Waals surface area contributed by atoms with Gasteiger partial charge >= 0.3 is 0 Å². The lowest BCUT2D eigenvalue weighted by Crippen LogP contribution is -2.24. The van der Waals surface area contributed by atoms with Crippen LogP contribution in [0.25, 0.3) is 17.0 Å². The van der Waals surface area contributed by atoms with E-state index in [0.29, 0.717) is 23.6 Å². The number of hydrogen-bond acceptors (Lipinski definition) is 3. The highest BCUT2D eigenvalue weighted by Gasteiger charge is 2.19. The molecule has 0 saturated carbocycles. The van der Waals surface area contributed by atoms with E-state index in [1.807, 2.05) is 6.92 Å². The van der Waals surface area contributed by atoms with Crippen molar-refractivity contribution >= 4 is 5.78 Å². The smallest absolute Gasteiger partial charge is 0.279 e. The SMILES string of the molecule is CCCCn1c(-c2ccc(F)cc2F)c(C)c(=O)n2ncnc12. The van der Waals surface area contributed by atoms with Crippen LogP contribution in [0, 0.1) is 18.6 Å². The second-order valence-electron chi connectivity index (χ2n) is 5.38. The Morgan fingerprint density at radius 1 is 1.26 bits per heavy atom. The maximum Gasteiger partial charge on any atom is 0.279 e. The number of hydrogen-bond donors (Lipinski definition) is 0. The molecule has 0 aliphatic carbocycles. The summed E-state index contributed by atoms with van der Waals surface area (Å²) in [7, 11) is 0. The van der Waals surface area contributed by atoms with Crippen molar-refractivity contribution in [3.05, 3.63) is 52.1 Å². The van der Waals surface area contributed by atoms with Crippen molar-refractivity contribution in [2.75, 3.05) is 0 Å². The van der Waals surface area contributed by atoms with Crippen LogP contribution in [0.15, 0.2) is 29.3 Å². The van der Waals surface area contributed by atoms with E-state index in [1.165, 1.54) is 23.0 Å². The molecular formula is C16H16F2N4O. The van der Waals surface area contributed by atoms with Crippen LogP contribution in [-0.2, 0) is 6.54 Å². The fourth-order valence-electron chi connectivity index (χ4n) is 2.68. The number of benzene rings is 1. The Kier molecular flexibility index (Phi) is 3.94. The van der Waals surface area contributed by atoms with Crippen LogP contribution >= 0.6 is 0 Å². The topological polar surface area (TPSA) is 52.2 Å². The van der Waals surface area contributed by atoms with Crippen molar-refractivity contribution in [2.45, 2.75) is 33.2 Å². The predicted molar refractivity (Wildman–Crippen MR) is 82.2 cm³/mol. The Morgan fingerprint density at radius 2 is 2.04 bits per heavy atom. The molecular weight excluding hydrogens is 302 g/mol. The van der Waals surface area contributed by atoms with Gasteiger partial charge in [-0.25, -0.2) is 8.78 Å². The summed E-state index contributed by atoms with van der Waals surface area (Å²) in [4.78, 5) is 16.6. The summed E-state index contributed by atoms with van der Waals surface area (Å²) in [5, 5.41) is 3.94. The first-order valence-electron chi connectivity index (χ1n) is 7.43. The highest BCUT2D eigenvalue weighted by molar-refractivity contribution is 5.66. The minimum absolute atomic E-state index is 0.183. The van der Waals surface area contributed by atoms with Crippen LogP contribution in [0.1, 0.15) is 25.3 Å². The van der Waals surface area contributed by atoms with E-state index in [0.717, 1.165) is 18.9 Å². The molecule has 0 fully saturated rings. The molecule has 120 valence electrons. The summed E-state index contributed by atoms with van der Waals surface area (Å²) >= 11 is 0. The van der Waals surface area contributed by atoms with Gasteiger partial charge in [0.05, 0.1) is 5.69 Å². The van der Waals surface area contributed by atoms with Crippen LogP contribution in [-0.4, -0.2) is 19.2 Å². The van der Waals surface area contributed by atoms with Gasteiger partial charge in [-0.2, -0.15) is 14.6 Å². The molecule has 0 aliphatic rings. The summed E-state index contributed by atoms with van der Waals surface area (Å²) in [5.41, 5.74) is 0.595. The minimum Gasteiger partial charge on any atom is -0.309 e. The first kappa shape index (κ1) is 15.3. The Morgan fingerprint density at radius 3 is 2.74 bits per heavy atom. The maximum absolute atomic E-state index is 14.3. The van der Waals surface area contributed by atoms with Gasteiger partial charge in [-0.05, 0) is 25.5 Å². The zero-order valence-electron chi connectivity index (χ0n) is 12.9.